The summed E-state index contributed by atoms with van der Waals surface area (Å²) in [7, 11) is 0. The highest BCUT2D eigenvalue weighted by Crippen LogP contribution is 2.33. The molecule has 0 spiro atoms. The fraction of sp³-hybridized carbons (Fsp3) is 0.500. The van der Waals surface area contributed by atoms with Gasteiger partial charge >= 0.3 is 0 Å². The quantitative estimate of drug-likeness (QED) is 0.678. The van der Waals surface area contributed by atoms with Gasteiger partial charge in [0, 0.05) is 67.1 Å². The molecule has 5 rings (SSSR count). The zero-order valence-electron chi connectivity index (χ0n) is 18.8. The van der Waals surface area contributed by atoms with Crippen LogP contribution in [0.2, 0.25) is 0 Å². The molecule has 0 bridgehead atoms. The number of amides is 1. The fourth-order valence-corrected chi connectivity index (χ4v) is 4.80. The van der Waals surface area contributed by atoms with Crippen LogP contribution in [0.4, 0.5) is 5.82 Å². The maximum Gasteiger partial charge on any atom is 0.222 e. The maximum absolute atomic E-state index is 12.1. The van der Waals surface area contributed by atoms with Crippen LogP contribution in [-0.4, -0.2) is 69.6 Å². The maximum atomic E-state index is 12.1. The molecule has 0 aromatic carbocycles. The summed E-state index contributed by atoms with van der Waals surface area (Å²) in [6, 6.07) is 4.45. The number of carbonyl (C=O) groups excluding carboxylic acids is 1. The van der Waals surface area contributed by atoms with Crippen molar-refractivity contribution in [3.05, 3.63) is 36.4 Å². The first-order chi connectivity index (χ1) is 15.6. The smallest absolute Gasteiger partial charge is 0.222 e. The second kappa shape index (κ2) is 8.86. The molecule has 32 heavy (non-hydrogen) atoms. The van der Waals surface area contributed by atoms with Crippen LogP contribution >= 0.6 is 0 Å². The Morgan fingerprint density at radius 3 is 2.84 bits per heavy atom. The normalized spacial score (nSPS) is 20.1. The Labute approximate surface area is 188 Å². The number of aromatic nitrogens is 4. The highest BCUT2D eigenvalue weighted by atomic mass is 16.5. The number of carbonyl (C=O) groups is 1. The molecule has 3 aromatic heterocycles. The average Bonchev–Trinajstić information content (AvgIpc) is 3.33. The molecule has 2 saturated heterocycles. The molecule has 0 aliphatic carbocycles. The number of piperidine rings is 1. The number of ether oxygens (including phenoxy) is 1. The highest BCUT2D eigenvalue weighted by Gasteiger charge is 2.27. The lowest BCUT2D eigenvalue weighted by Crippen LogP contribution is -2.44. The molecule has 5 heterocycles. The molecule has 0 radical (unpaired) electrons. The van der Waals surface area contributed by atoms with Gasteiger partial charge in [-0.15, -0.1) is 0 Å². The van der Waals surface area contributed by atoms with Crippen molar-refractivity contribution in [2.45, 2.75) is 45.1 Å². The predicted molar refractivity (Wildman–Crippen MR) is 124 cm³/mol. The number of anilines is 1. The third-order valence-corrected chi connectivity index (χ3v) is 6.68. The summed E-state index contributed by atoms with van der Waals surface area (Å²) < 4.78 is 5.65. The highest BCUT2D eigenvalue weighted by molar-refractivity contribution is 5.92. The molecule has 2 fully saturated rings. The first-order valence-corrected chi connectivity index (χ1v) is 11.6. The monoisotopic (exact) mass is 434 g/mol. The lowest BCUT2D eigenvalue weighted by Gasteiger charge is -2.35. The van der Waals surface area contributed by atoms with Gasteiger partial charge in [-0.05, 0) is 25.8 Å². The Balaban J connectivity index is 1.53. The van der Waals surface area contributed by atoms with Crippen molar-refractivity contribution in [3.63, 3.8) is 0 Å². The van der Waals surface area contributed by atoms with Gasteiger partial charge in [0.1, 0.15) is 5.82 Å². The van der Waals surface area contributed by atoms with Crippen LogP contribution in [0.15, 0.2) is 30.7 Å². The van der Waals surface area contributed by atoms with Gasteiger partial charge in [-0.2, -0.15) is 0 Å². The van der Waals surface area contributed by atoms with Gasteiger partial charge < -0.3 is 19.5 Å². The standard InChI is InChI=1S/C24H30N6O2/c1-3-23(31)29-8-5-17(6-9-29)20-12-22(30-10-11-32-15-16(30)2)28-24(27-20)19-13-25-14-21-18(19)4-7-26-21/h4,7,12-14,16-17,26H,3,5-6,8-11,15H2,1-2H3. The van der Waals surface area contributed by atoms with E-state index >= 15 is 0 Å². The summed E-state index contributed by atoms with van der Waals surface area (Å²) in [5.74, 6) is 2.20. The van der Waals surface area contributed by atoms with Gasteiger partial charge in [0.15, 0.2) is 5.82 Å². The zero-order chi connectivity index (χ0) is 22.1. The first-order valence-electron chi connectivity index (χ1n) is 11.6. The Kier molecular flexibility index (Phi) is 5.78. The number of fused-ring (bicyclic) bond motifs is 1. The summed E-state index contributed by atoms with van der Waals surface area (Å²) in [5.41, 5.74) is 2.97. The summed E-state index contributed by atoms with van der Waals surface area (Å²) >= 11 is 0. The molecule has 1 amide bonds. The molecule has 168 valence electrons. The van der Waals surface area contributed by atoms with E-state index in [9.17, 15) is 4.79 Å². The minimum atomic E-state index is 0.236. The van der Waals surface area contributed by atoms with E-state index in [4.69, 9.17) is 14.7 Å². The van der Waals surface area contributed by atoms with Crippen molar-refractivity contribution in [1.82, 2.24) is 24.8 Å². The number of rotatable bonds is 4. The van der Waals surface area contributed by atoms with Crippen LogP contribution in [0.1, 0.15) is 44.7 Å². The molecule has 8 nitrogen and oxygen atoms in total. The number of H-pyrrole nitrogens is 1. The van der Waals surface area contributed by atoms with Crippen LogP contribution in [0.25, 0.3) is 22.3 Å². The van der Waals surface area contributed by atoms with E-state index in [1.165, 1.54) is 0 Å². The SMILES string of the molecule is CCC(=O)N1CCC(c2cc(N3CCOCC3C)nc(-c3cncc4[nH]ccc34)n2)CC1. The van der Waals surface area contributed by atoms with Gasteiger partial charge in [-0.3, -0.25) is 9.78 Å². The van der Waals surface area contributed by atoms with Crippen LogP contribution in [0, 0.1) is 0 Å². The number of pyridine rings is 1. The molecular formula is C24H30N6O2. The second-order valence-corrected chi connectivity index (χ2v) is 8.73. The average molecular weight is 435 g/mol. The molecular weight excluding hydrogens is 404 g/mol. The number of hydrogen-bond donors (Lipinski definition) is 1. The Morgan fingerprint density at radius 2 is 2.06 bits per heavy atom. The number of hydrogen-bond acceptors (Lipinski definition) is 6. The number of likely N-dealkylation sites (tertiary alicyclic amines) is 1. The van der Waals surface area contributed by atoms with Crippen molar-refractivity contribution >= 4 is 22.6 Å². The topological polar surface area (TPSA) is 87.2 Å². The lowest BCUT2D eigenvalue weighted by molar-refractivity contribution is -0.131. The predicted octanol–water partition coefficient (Wildman–Crippen LogP) is 3.36. The molecule has 1 N–H and O–H groups in total. The third kappa shape index (κ3) is 3.95. The second-order valence-electron chi connectivity index (χ2n) is 8.73. The van der Waals surface area contributed by atoms with E-state index in [0.717, 1.165) is 60.5 Å². The number of morpholine rings is 1. The van der Waals surface area contributed by atoms with Crippen LogP contribution < -0.4 is 4.90 Å². The van der Waals surface area contributed by atoms with E-state index in [1.54, 1.807) is 0 Å². The van der Waals surface area contributed by atoms with Crippen molar-refractivity contribution in [2.75, 3.05) is 37.7 Å². The van der Waals surface area contributed by atoms with Crippen molar-refractivity contribution in [3.8, 4) is 11.4 Å². The zero-order valence-corrected chi connectivity index (χ0v) is 18.8. The van der Waals surface area contributed by atoms with Crippen molar-refractivity contribution in [1.29, 1.82) is 0 Å². The summed E-state index contributed by atoms with van der Waals surface area (Å²) in [5, 5.41) is 1.07. The molecule has 3 aromatic rings. The lowest BCUT2D eigenvalue weighted by atomic mass is 9.92. The number of nitrogens with zero attached hydrogens (tertiary/aromatic N) is 5. The molecule has 2 aliphatic heterocycles. The van der Waals surface area contributed by atoms with Gasteiger partial charge in [-0.1, -0.05) is 6.92 Å². The molecule has 8 heteroatoms. The van der Waals surface area contributed by atoms with E-state index in [0.29, 0.717) is 31.4 Å². The van der Waals surface area contributed by atoms with Crippen molar-refractivity contribution in [2.24, 2.45) is 0 Å². The minimum Gasteiger partial charge on any atom is -0.377 e. The van der Waals surface area contributed by atoms with Crippen molar-refractivity contribution < 1.29 is 9.53 Å². The number of nitrogens with one attached hydrogen (secondary N) is 1. The Bertz CT molecular complexity index is 1100. The molecule has 2 aliphatic rings. The Morgan fingerprint density at radius 1 is 1.22 bits per heavy atom. The fourth-order valence-electron chi connectivity index (χ4n) is 4.80. The van der Waals surface area contributed by atoms with Crippen LogP contribution in [-0.2, 0) is 9.53 Å². The van der Waals surface area contributed by atoms with E-state index < -0.39 is 0 Å². The summed E-state index contributed by atoms with van der Waals surface area (Å²) in [4.78, 5) is 34.1. The summed E-state index contributed by atoms with van der Waals surface area (Å²) in [6.45, 7) is 7.88. The number of aromatic amines is 1. The van der Waals surface area contributed by atoms with E-state index in [1.807, 2.05) is 36.5 Å². The van der Waals surface area contributed by atoms with E-state index in [2.05, 4.69) is 27.9 Å². The van der Waals surface area contributed by atoms with E-state index in [-0.39, 0.29) is 11.9 Å². The minimum absolute atomic E-state index is 0.236. The Hall–Kier alpha value is -3.00. The van der Waals surface area contributed by atoms with Gasteiger partial charge in [0.2, 0.25) is 5.91 Å². The first kappa shape index (κ1) is 20.9. The van der Waals surface area contributed by atoms with Gasteiger partial charge in [0.25, 0.3) is 0 Å². The third-order valence-electron chi connectivity index (χ3n) is 6.68. The molecule has 1 unspecified atom stereocenters. The van der Waals surface area contributed by atoms with Gasteiger partial charge in [0.05, 0.1) is 31.0 Å². The summed E-state index contributed by atoms with van der Waals surface area (Å²) in [6.07, 6.45) is 8.01. The largest absolute Gasteiger partial charge is 0.377 e. The van der Waals surface area contributed by atoms with Crippen LogP contribution in [0.3, 0.4) is 0 Å². The molecule has 0 saturated carbocycles. The molecule has 1 atom stereocenters. The van der Waals surface area contributed by atoms with Crippen LogP contribution in [0.5, 0.6) is 0 Å². The van der Waals surface area contributed by atoms with Gasteiger partial charge in [-0.25, -0.2) is 9.97 Å².